The molecule has 0 aliphatic carbocycles. The number of nitrogens with zero attached hydrogens (tertiary/aromatic N) is 6. The van der Waals surface area contributed by atoms with Crippen LogP contribution >= 0.6 is 0 Å². The molecule has 0 amide bonds. The quantitative estimate of drug-likeness (QED) is 0.522. The van der Waals surface area contributed by atoms with Crippen LogP contribution in [-0.2, 0) is 7.05 Å². The first-order chi connectivity index (χ1) is 14.9. The molecule has 1 aromatic carbocycles. The topological polar surface area (TPSA) is 101 Å². The van der Waals surface area contributed by atoms with E-state index >= 15 is 0 Å². The predicted octanol–water partition coefficient (Wildman–Crippen LogP) is 2.48. The first-order valence-corrected chi connectivity index (χ1v) is 10.3. The highest BCUT2D eigenvalue weighted by atomic mass is 16.5. The van der Waals surface area contributed by atoms with Gasteiger partial charge in [-0.25, -0.2) is 9.97 Å². The molecule has 9 heteroatoms. The molecule has 1 aliphatic rings. The Morgan fingerprint density at radius 2 is 1.90 bits per heavy atom. The van der Waals surface area contributed by atoms with Crippen molar-refractivity contribution in [1.29, 1.82) is 0 Å². The molecule has 0 unspecified atom stereocenters. The minimum absolute atomic E-state index is 0.0630. The number of phenolic OH excluding ortho intramolecular Hbond substituents is 1. The van der Waals surface area contributed by atoms with Gasteiger partial charge in [-0.15, -0.1) is 0 Å². The van der Waals surface area contributed by atoms with Gasteiger partial charge in [-0.1, -0.05) is 0 Å². The first-order valence-electron chi connectivity index (χ1n) is 10.3. The second kappa shape index (κ2) is 7.35. The third-order valence-corrected chi connectivity index (χ3v) is 5.60. The summed E-state index contributed by atoms with van der Waals surface area (Å²) in [6.45, 7) is 6.16. The van der Waals surface area contributed by atoms with Gasteiger partial charge in [0.1, 0.15) is 5.75 Å². The van der Waals surface area contributed by atoms with Crippen LogP contribution in [0.5, 0.6) is 11.6 Å². The van der Waals surface area contributed by atoms with Gasteiger partial charge >= 0.3 is 0 Å². The molecule has 4 heterocycles. The Balaban J connectivity index is 1.60. The number of phenols is 1. The Morgan fingerprint density at radius 1 is 1.13 bits per heavy atom. The smallest absolute Gasteiger partial charge is 0.226 e. The van der Waals surface area contributed by atoms with Gasteiger partial charge in [0.25, 0.3) is 0 Å². The second-order valence-corrected chi connectivity index (χ2v) is 8.23. The fraction of sp³-hybridized carbons (Fsp3) is 0.364. The third-order valence-electron chi connectivity index (χ3n) is 5.60. The summed E-state index contributed by atoms with van der Waals surface area (Å²) in [5.74, 6) is 0.849. The van der Waals surface area contributed by atoms with E-state index in [-0.39, 0.29) is 5.75 Å². The average Bonchev–Trinajstić information content (AvgIpc) is 3.10. The number of fused-ring (bicyclic) bond motifs is 2. The molecular weight excluding hydrogens is 394 g/mol. The van der Waals surface area contributed by atoms with Crippen LogP contribution in [0.4, 0.5) is 5.69 Å². The van der Waals surface area contributed by atoms with Crippen molar-refractivity contribution >= 4 is 27.6 Å². The highest BCUT2D eigenvalue weighted by molar-refractivity contribution is 5.89. The van der Waals surface area contributed by atoms with E-state index in [0.29, 0.717) is 40.5 Å². The molecule has 0 radical (unpaired) electrons. The van der Waals surface area contributed by atoms with Crippen molar-refractivity contribution in [1.82, 2.24) is 30.0 Å². The van der Waals surface area contributed by atoms with E-state index in [0.717, 1.165) is 29.5 Å². The van der Waals surface area contributed by atoms with Gasteiger partial charge in [0.05, 0.1) is 35.5 Å². The number of pyridine rings is 1. The summed E-state index contributed by atoms with van der Waals surface area (Å²) in [5, 5.41) is 20.1. The van der Waals surface area contributed by atoms with E-state index < -0.39 is 0 Å². The number of nitrogens with one attached hydrogen (secondary N) is 1. The summed E-state index contributed by atoms with van der Waals surface area (Å²) in [5.41, 5.74) is 2.75. The molecular formula is C22H25N7O2. The Morgan fingerprint density at radius 3 is 2.65 bits per heavy atom. The van der Waals surface area contributed by atoms with Crippen LogP contribution in [0, 0.1) is 0 Å². The van der Waals surface area contributed by atoms with Gasteiger partial charge in [-0.3, -0.25) is 4.68 Å². The minimum atomic E-state index is 0.0630. The fourth-order valence-electron chi connectivity index (χ4n) is 4.32. The number of aromatic hydroxyl groups is 1. The van der Waals surface area contributed by atoms with Crippen LogP contribution in [0.2, 0.25) is 0 Å². The Kier molecular flexibility index (Phi) is 4.62. The predicted molar refractivity (Wildman–Crippen MR) is 120 cm³/mol. The largest absolute Gasteiger partial charge is 0.507 e. The molecule has 4 aromatic rings. The normalized spacial score (nSPS) is 19.3. The van der Waals surface area contributed by atoms with E-state index in [1.165, 1.54) is 0 Å². The van der Waals surface area contributed by atoms with Gasteiger partial charge in [-0.2, -0.15) is 10.1 Å². The molecule has 160 valence electrons. The number of methoxy groups -OCH3 is 1. The zero-order chi connectivity index (χ0) is 21.7. The van der Waals surface area contributed by atoms with Crippen molar-refractivity contribution in [2.45, 2.75) is 25.9 Å². The summed E-state index contributed by atoms with van der Waals surface area (Å²) in [4.78, 5) is 16.1. The number of hydrogen-bond donors (Lipinski definition) is 2. The van der Waals surface area contributed by atoms with Crippen molar-refractivity contribution in [2.75, 3.05) is 25.1 Å². The van der Waals surface area contributed by atoms with Crippen molar-refractivity contribution in [3.63, 3.8) is 0 Å². The number of aromatic nitrogens is 5. The lowest BCUT2D eigenvalue weighted by Gasteiger charge is -2.37. The molecule has 1 aliphatic heterocycles. The van der Waals surface area contributed by atoms with Crippen LogP contribution in [0.25, 0.3) is 33.3 Å². The number of piperazine rings is 1. The highest BCUT2D eigenvalue weighted by Gasteiger charge is 2.23. The standard InChI is InChI=1S/C22H25N7O2/c1-12-9-29(10-13(2)24-12)15-6-17-20(23-8-15)25-21(26-22(17)31-4)16-5-14-11-28(3)27-18(14)7-19(16)30/h5-8,11-13,24,30H,9-10H2,1-4H3/t12-,13-/m1/s1. The zero-order valence-corrected chi connectivity index (χ0v) is 18.0. The number of ether oxygens (including phenoxy) is 1. The molecule has 3 aromatic heterocycles. The van der Waals surface area contributed by atoms with Crippen LogP contribution < -0.4 is 15.0 Å². The maximum Gasteiger partial charge on any atom is 0.226 e. The molecule has 1 fully saturated rings. The number of aryl methyl sites for hydroxylation is 1. The Bertz CT molecular complexity index is 1280. The van der Waals surface area contributed by atoms with Gasteiger partial charge in [0.15, 0.2) is 11.5 Å². The van der Waals surface area contributed by atoms with Crippen molar-refractivity contribution < 1.29 is 9.84 Å². The molecule has 31 heavy (non-hydrogen) atoms. The van der Waals surface area contributed by atoms with E-state index in [4.69, 9.17) is 4.74 Å². The van der Waals surface area contributed by atoms with Crippen LogP contribution in [0.3, 0.4) is 0 Å². The molecule has 0 spiro atoms. The molecule has 5 rings (SSSR count). The minimum Gasteiger partial charge on any atom is -0.507 e. The van der Waals surface area contributed by atoms with Gasteiger partial charge in [0, 0.05) is 49.9 Å². The highest BCUT2D eigenvalue weighted by Crippen LogP contribution is 2.34. The van der Waals surface area contributed by atoms with Crippen LogP contribution in [0.15, 0.2) is 30.6 Å². The number of anilines is 1. The second-order valence-electron chi connectivity index (χ2n) is 8.23. The molecule has 0 saturated carbocycles. The van der Waals surface area contributed by atoms with Crippen molar-refractivity contribution in [2.24, 2.45) is 7.05 Å². The lowest BCUT2D eigenvalue weighted by Crippen LogP contribution is -2.54. The molecule has 1 saturated heterocycles. The van der Waals surface area contributed by atoms with Gasteiger partial charge in [0.2, 0.25) is 5.88 Å². The zero-order valence-electron chi connectivity index (χ0n) is 18.0. The molecule has 0 bridgehead atoms. The van der Waals surface area contributed by atoms with Gasteiger partial charge in [-0.05, 0) is 26.0 Å². The van der Waals surface area contributed by atoms with Crippen LogP contribution in [0.1, 0.15) is 13.8 Å². The number of rotatable bonds is 3. The number of hydrogen-bond acceptors (Lipinski definition) is 8. The van der Waals surface area contributed by atoms with Gasteiger partial charge < -0.3 is 20.1 Å². The fourth-order valence-corrected chi connectivity index (χ4v) is 4.32. The van der Waals surface area contributed by atoms with Crippen molar-refractivity contribution in [3.8, 4) is 23.0 Å². The van der Waals surface area contributed by atoms with E-state index in [2.05, 4.69) is 44.1 Å². The van der Waals surface area contributed by atoms with Crippen LogP contribution in [-0.4, -0.2) is 62.1 Å². The summed E-state index contributed by atoms with van der Waals surface area (Å²) >= 11 is 0. The van der Waals surface area contributed by atoms with Crippen molar-refractivity contribution in [3.05, 3.63) is 30.6 Å². The van der Waals surface area contributed by atoms with E-state index in [9.17, 15) is 5.11 Å². The lowest BCUT2D eigenvalue weighted by molar-refractivity contribution is 0.402. The van der Waals surface area contributed by atoms with E-state index in [1.54, 1.807) is 17.9 Å². The summed E-state index contributed by atoms with van der Waals surface area (Å²) < 4.78 is 7.29. The maximum absolute atomic E-state index is 10.6. The number of benzene rings is 1. The third kappa shape index (κ3) is 3.50. The van der Waals surface area contributed by atoms with E-state index in [1.807, 2.05) is 31.6 Å². The molecule has 9 nitrogen and oxygen atoms in total. The summed E-state index contributed by atoms with van der Waals surface area (Å²) in [6, 6.07) is 6.26. The Hall–Kier alpha value is -3.46. The monoisotopic (exact) mass is 419 g/mol. The summed E-state index contributed by atoms with van der Waals surface area (Å²) in [7, 11) is 3.42. The summed E-state index contributed by atoms with van der Waals surface area (Å²) in [6.07, 6.45) is 3.73. The molecule has 2 N–H and O–H groups in total. The first kappa shape index (κ1) is 19.5. The lowest BCUT2D eigenvalue weighted by atomic mass is 10.1. The average molecular weight is 419 g/mol. The Labute approximate surface area is 179 Å². The maximum atomic E-state index is 10.6. The molecule has 2 atom stereocenters. The SMILES string of the molecule is COc1nc(-c2cc3cn(C)nc3cc2O)nc2ncc(N3C[C@@H](C)N[C@H](C)C3)cc12.